The second-order valence-electron chi connectivity index (χ2n) is 2.51. The topological polar surface area (TPSA) is 61.5 Å². The van der Waals surface area contributed by atoms with E-state index < -0.39 is 5.72 Å². The fraction of sp³-hybridized carbons (Fsp3) is 0.571. The third-order valence-corrected chi connectivity index (χ3v) is 1.53. The molecule has 4 heteroatoms. The first-order chi connectivity index (χ1) is 5.16. The molecule has 0 radical (unpaired) electrons. The zero-order valence-corrected chi connectivity index (χ0v) is 6.37. The number of carbonyl (C=O) groups is 1. The van der Waals surface area contributed by atoms with Gasteiger partial charge in [-0.2, -0.15) is 0 Å². The number of rotatable bonds is 2. The number of esters is 1. The third kappa shape index (κ3) is 1.94. The summed E-state index contributed by atoms with van der Waals surface area (Å²) < 4.78 is 9.46. The van der Waals surface area contributed by atoms with E-state index in [0.29, 0.717) is 6.42 Å². The second kappa shape index (κ2) is 2.92. The van der Waals surface area contributed by atoms with Crippen molar-refractivity contribution < 1.29 is 14.3 Å². The molecule has 1 aliphatic rings. The van der Waals surface area contributed by atoms with Gasteiger partial charge in [-0.3, -0.25) is 10.5 Å². The molecular formula is C7H11NO3. The first-order valence-electron chi connectivity index (χ1n) is 3.35. The van der Waals surface area contributed by atoms with Crippen molar-refractivity contribution in [3.8, 4) is 0 Å². The van der Waals surface area contributed by atoms with Crippen molar-refractivity contribution in [3.05, 3.63) is 12.3 Å². The Morgan fingerprint density at radius 1 is 1.91 bits per heavy atom. The van der Waals surface area contributed by atoms with Crippen LogP contribution in [0.4, 0.5) is 0 Å². The van der Waals surface area contributed by atoms with E-state index in [1.807, 2.05) is 0 Å². The van der Waals surface area contributed by atoms with Crippen LogP contribution < -0.4 is 5.73 Å². The Balaban J connectivity index is 2.41. The number of nitrogens with two attached hydrogens (primary N) is 1. The zero-order valence-electron chi connectivity index (χ0n) is 6.37. The number of carbonyl (C=O) groups excluding carboxylic acids is 1. The standard InChI is InChI=1S/C7H11NO3/c1-10-6(9)5-7(8)3-2-4-11-7/h2,4H,3,5,8H2,1H3/t7-/m0/s1. The minimum absolute atomic E-state index is 0.0938. The molecule has 1 aliphatic heterocycles. The Hall–Kier alpha value is -1.03. The summed E-state index contributed by atoms with van der Waals surface area (Å²) >= 11 is 0. The van der Waals surface area contributed by atoms with Gasteiger partial charge in [0, 0.05) is 6.42 Å². The van der Waals surface area contributed by atoms with Crippen LogP contribution in [0.1, 0.15) is 12.8 Å². The van der Waals surface area contributed by atoms with Gasteiger partial charge in [-0.05, 0) is 6.08 Å². The highest BCUT2D eigenvalue weighted by atomic mass is 16.5. The van der Waals surface area contributed by atoms with Crippen molar-refractivity contribution in [2.45, 2.75) is 18.6 Å². The van der Waals surface area contributed by atoms with Gasteiger partial charge in [0.2, 0.25) is 0 Å². The third-order valence-electron chi connectivity index (χ3n) is 1.53. The predicted octanol–water partition coefficient (Wildman–Crippen LogP) is 0.138. The molecule has 1 heterocycles. The highest BCUT2D eigenvalue weighted by Gasteiger charge is 2.31. The number of methoxy groups -OCH3 is 1. The maximum absolute atomic E-state index is 10.8. The fourth-order valence-electron chi connectivity index (χ4n) is 0.910. The Labute approximate surface area is 65.0 Å². The number of ether oxygens (including phenoxy) is 2. The molecule has 11 heavy (non-hydrogen) atoms. The Bertz CT molecular complexity index is 180. The zero-order chi connectivity index (χ0) is 8.32. The predicted molar refractivity (Wildman–Crippen MR) is 38.4 cm³/mol. The van der Waals surface area contributed by atoms with E-state index in [0.717, 1.165) is 0 Å². The summed E-state index contributed by atoms with van der Waals surface area (Å²) in [6.45, 7) is 0. The smallest absolute Gasteiger partial charge is 0.311 e. The van der Waals surface area contributed by atoms with Crippen molar-refractivity contribution in [3.63, 3.8) is 0 Å². The van der Waals surface area contributed by atoms with Crippen LogP contribution in [-0.2, 0) is 14.3 Å². The van der Waals surface area contributed by atoms with E-state index in [1.54, 1.807) is 6.08 Å². The van der Waals surface area contributed by atoms with Crippen LogP contribution in [0.25, 0.3) is 0 Å². The maximum Gasteiger partial charge on any atom is 0.311 e. The summed E-state index contributed by atoms with van der Waals surface area (Å²) in [6, 6.07) is 0. The van der Waals surface area contributed by atoms with Crippen LogP contribution in [0.15, 0.2) is 12.3 Å². The minimum atomic E-state index is -0.868. The Morgan fingerprint density at radius 2 is 2.64 bits per heavy atom. The largest absolute Gasteiger partial charge is 0.480 e. The van der Waals surface area contributed by atoms with Crippen LogP contribution >= 0.6 is 0 Å². The molecule has 0 aromatic rings. The molecule has 0 aliphatic carbocycles. The fourth-order valence-corrected chi connectivity index (χ4v) is 0.910. The van der Waals surface area contributed by atoms with Crippen molar-refractivity contribution in [2.75, 3.05) is 7.11 Å². The van der Waals surface area contributed by atoms with E-state index >= 15 is 0 Å². The molecule has 0 saturated carbocycles. The van der Waals surface area contributed by atoms with Gasteiger partial charge in [0.1, 0.15) is 0 Å². The maximum atomic E-state index is 10.8. The van der Waals surface area contributed by atoms with Crippen LogP contribution in [0, 0.1) is 0 Å². The molecule has 0 fully saturated rings. The summed E-state index contributed by atoms with van der Waals surface area (Å²) in [5, 5.41) is 0. The summed E-state index contributed by atoms with van der Waals surface area (Å²) in [5.41, 5.74) is 4.78. The van der Waals surface area contributed by atoms with Crippen molar-refractivity contribution in [1.82, 2.24) is 0 Å². The molecule has 0 aromatic heterocycles. The van der Waals surface area contributed by atoms with Gasteiger partial charge in [-0.25, -0.2) is 0 Å². The average Bonchev–Trinajstić information content (AvgIpc) is 2.36. The lowest BCUT2D eigenvalue weighted by molar-refractivity contribution is -0.145. The molecule has 0 bridgehead atoms. The summed E-state index contributed by atoms with van der Waals surface area (Å²) in [7, 11) is 1.33. The van der Waals surface area contributed by atoms with Crippen molar-refractivity contribution >= 4 is 5.97 Å². The molecule has 1 rings (SSSR count). The molecule has 0 unspecified atom stereocenters. The molecule has 4 nitrogen and oxygen atoms in total. The molecule has 0 aromatic carbocycles. The van der Waals surface area contributed by atoms with E-state index in [4.69, 9.17) is 10.5 Å². The minimum Gasteiger partial charge on any atom is -0.480 e. The van der Waals surface area contributed by atoms with E-state index in [9.17, 15) is 4.79 Å². The van der Waals surface area contributed by atoms with Crippen molar-refractivity contribution in [2.24, 2.45) is 5.73 Å². The van der Waals surface area contributed by atoms with Crippen LogP contribution in [0.3, 0.4) is 0 Å². The SMILES string of the molecule is COC(=O)C[C@]1(N)CC=CO1. The molecule has 0 amide bonds. The highest BCUT2D eigenvalue weighted by molar-refractivity contribution is 5.70. The van der Waals surface area contributed by atoms with Gasteiger partial charge >= 0.3 is 5.97 Å². The molecule has 62 valence electrons. The molecule has 0 spiro atoms. The van der Waals surface area contributed by atoms with Crippen LogP contribution in [-0.4, -0.2) is 18.8 Å². The van der Waals surface area contributed by atoms with Crippen LogP contribution in [0.2, 0.25) is 0 Å². The molecule has 1 atom stereocenters. The highest BCUT2D eigenvalue weighted by Crippen LogP contribution is 2.21. The second-order valence-corrected chi connectivity index (χ2v) is 2.51. The Morgan fingerprint density at radius 3 is 3.09 bits per heavy atom. The number of hydrogen-bond donors (Lipinski definition) is 1. The Kier molecular flexibility index (Phi) is 2.14. The van der Waals surface area contributed by atoms with E-state index in [2.05, 4.69) is 4.74 Å². The van der Waals surface area contributed by atoms with E-state index in [1.165, 1.54) is 13.4 Å². The number of hydrogen-bond acceptors (Lipinski definition) is 4. The monoisotopic (exact) mass is 157 g/mol. The summed E-state index contributed by atoms with van der Waals surface area (Å²) in [5.74, 6) is -0.351. The molecular weight excluding hydrogens is 146 g/mol. The normalized spacial score (nSPS) is 28.2. The summed E-state index contributed by atoms with van der Waals surface area (Å²) in [6.07, 6.45) is 3.94. The molecule has 0 saturated heterocycles. The summed E-state index contributed by atoms with van der Waals surface area (Å²) in [4.78, 5) is 10.8. The van der Waals surface area contributed by atoms with Gasteiger partial charge in [-0.1, -0.05) is 0 Å². The van der Waals surface area contributed by atoms with Gasteiger partial charge in [0.25, 0.3) is 0 Å². The lowest BCUT2D eigenvalue weighted by Crippen LogP contribution is -2.41. The average molecular weight is 157 g/mol. The molecule has 2 N–H and O–H groups in total. The lowest BCUT2D eigenvalue weighted by Gasteiger charge is -2.21. The quantitative estimate of drug-likeness (QED) is 0.579. The van der Waals surface area contributed by atoms with Gasteiger partial charge in [-0.15, -0.1) is 0 Å². The van der Waals surface area contributed by atoms with Crippen molar-refractivity contribution in [1.29, 1.82) is 0 Å². The first-order valence-corrected chi connectivity index (χ1v) is 3.35. The van der Waals surface area contributed by atoms with Gasteiger partial charge in [0.05, 0.1) is 19.8 Å². The van der Waals surface area contributed by atoms with Gasteiger partial charge in [0.15, 0.2) is 5.72 Å². The lowest BCUT2D eigenvalue weighted by atomic mass is 10.1. The van der Waals surface area contributed by atoms with E-state index in [-0.39, 0.29) is 12.4 Å². The van der Waals surface area contributed by atoms with Gasteiger partial charge < -0.3 is 9.47 Å². The van der Waals surface area contributed by atoms with Crippen LogP contribution in [0.5, 0.6) is 0 Å². The first kappa shape index (κ1) is 8.07.